The van der Waals surface area contributed by atoms with Gasteiger partial charge < -0.3 is 19.0 Å². The summed E-state index contributed by atoms with van der Waals surface area (Å²) in [7, 11) is 0. The monoisotopic (exact) mass is 699 g/mol. The smallest absolute Gasteiger partial charge is 0.213 e. The summed E-state index contributed by atoms with van der Waals surface area (Å²) in [5, 5.41) is 8.52. The number of aromatic amines is 2. The predicted octanol–water partition coefficient (Wildman–Crippen LogP) is 6.77. The number of ether oxygens (including phenoxy) is 2. The van der Waals surface area contributed by atoms with Crippen molar-refractivity contribution in [2.75, 3.05) is 19.7 Å². The molecule has 2 fully saturated rings. The molecule has 2 N–H and O–H groups in total. The summed E-state index contributed by atoms with van der Waals surface area (Å²) in [6, 6.07) is 16.7. The number of imidazole rings is 2. The van der Waals surface area contributed by atoms with Crippen molar-refractivity contribution in [3.05, 3.63) is 101 Å². The highest BCUT2D eigenvalue weighted by molar-refractivity contribution is 7.98. The molecule has 8 rings (SSSR count). The maximum absolute atomic E-state index is 14.2. The van der Waals surface area contributed by atoms with Crippen LogP contribution < -0.4 is 4.74 Å². The number of H-pyrrole nitrogens is 2. The first-order chi connectivity index (χ1) is 24.0. The average molecular weight is 700 g/mol. The molecule has 0 aliphatic carbocycles. The highest BCUT2D eigenvalue weighted by atomic mass is 35.5. The van der Waals surface area contributed by atoms with Crippen molar-refractivity contribution < 1.29 is 13.9 Å². The molecule has 2 saturated heterocycles. The number of pyridine rings is 1. The Morgan fingerprint density at radius 1 is 1.04 bits per heavy atom. The Bertz CT molecular complexity index is 2040. The van der Waals surface area contributed by atoms with E-state index in [1.165, 1.54) is 17.8 Å². The molecule has 2 aromatic carbocycles. The zero-order valence-corrected chi connectivity index (χ0v) is 28.3. The number of nitrogens with one attached hydrogen (secondary N) is 2. The second kappa shape index (κ2) is 14.3. The summed E-state index contributed by atoms with van der Waals surface area (Å²) < 4.78 is 28.2. The molecule has 6 aromatic rings. The first-order valence-electron chi connectivity index (χ1n) is 16.4. The molecule has 49 heavy (non-hydrogen) atoms. The van der Waals surface area contributed by atoms with Crippen molar-refractivity contribution in [1.29, 1.82) is 0 Å². The second-order valence-corrected chi connectivity index (χ2v) is 13.8. The fourth-order valence-corrected chi connectivity index (χ4v) is 7.20. The Morgan fingerprint density at radius 2 is 1.94 bits per heavy atom. The van der Waals surface area contributed by atoms with Crippen LogP contribution in [0, 0.1) is 5.82 Å². The van der Waals surface area contributed by atoms with Crippen LogP contribution in [0.1, 0.15) is 48.1 Å². The minimum absolute atomic E-state index is 0.0945. The molecule has 14 heteroatoms. The van der Waals surface area contributed by atoms with Crippen LogP contribution in [0.15, 0.2) is 72.1 Å². The van der Waals surface area contributed by atoms with E-state index in [1.807, 2.05) is 18.3 Å². The van der Waals surface area contributed by atoms with Gasteiger partial charge in [0.1, 0.15) is 24.1 Å². The lowest BCUT2D eigenvalue weighted by Gasteiger charge is -2.32. The molecule has 252 valence electrons. The van der Waals surface area contributed by atoms with Gasteiger partial charge in [-0.2, -0.15) is 0 Å². The number of likely N-dealkylation sites (tertiary alicyclic amines) is 1. The van der Waals surface area contributed by atoms with Gasteiger partial charge >= 0.3 is 0 Å². The van der Waals surface area contributed by atoms with E-state index >= 15 is 0 Å². The molecule has 0 bridgehead atoms. The first kappa shape index (κ1) is 31.9. The molecule has 0 amide bonds. The molecule has 0 saturated carbocycles. The van der Waals surface area contributed by atoms with E-state index in [9.17, 15) is 4.39 Å². The number of thioether (sulfide) groups is 1. The molecule has 2 aliphatic heterocycles. The van der Waals surface area contributed by atoms with Gasteiger partial charge in [0, 0.05) is 52.8 Å². The predicted molar refractivity (Wildman–Crippen MR) is 185 cm³/mol. The summed E-state index contributed by atoms with van der Waals surface area (Å²) in [5.74, 6) is 3.74. The lowest BCUT2D eigenvalue weighted by molar-refractivity contribution is -0.0592. The topological polar surface area (TPSA) is 123 Å². The number of nitrogens with zero attached hydrogens (tertiary/aromatic N) is 7. The van der Waals surface area contributed by atoms with Crippen molar-refractivity contribution in [2.24, 2.45) is 0 Å². The number of aromatic nitrogens is 8. The van der Waals surface area contributed by atoms with Crippen LogP contribution in [-0.4, -0.2) is 70.4 Å². The van der Waals surface area contributed by atoms with Crippen molar-refractivity contribution in [3.63, 3.8) is 0 Å². The van der Waals surface area contributed by atoms with Crippen LogP contribution in [0.5, 0.6) is 5.88 Å². The van der Waals surface area contributed by atoms with Crippen LogP contribution >= 0.6 is 23.4 Å². The maximum atomic E-state index is 14.2. The zero-order valence-electron chi connectivity index (χ0n) is 26.7. The minimum atomic E-state index is -0.384. The van der Waals surface area contributed by atoms with E-state index in [1.54, 1.807) is 18.3 Å². The highest BCUT2D eigenvalue weighted by Crippen LogP contribution is 2.31. The van der Waals surface area contributed by atoms with E-state index in [4.69, 9.17) is 36.0 Å². The quantitative estimate of drug-likeness (QED) is 0.133. The molecule has 4 aromatic heterocycles. The SMILES string of the molecule is Fc1cc(Cl)ccc1COc1cccc(C2CCN(Cc3nc4cc(-c5nc(SCc6ncc[nH]6)n[nH]5)ccc4n3C[C@@H]3CCO3)CC2)n1. The minimum Gasteiger partial charge on any atom is -0.473 e. The third-order valence-corrected chi connectivity index (χ3v) is 10.2. The standard InChI is InChI=1S/C35H35ClFN9O2S/c36-25-6-4-24(27(37)17-25)20-48-33-3-1-2-28(41-33)22-8-13-45(14-9-22)19-32-40-29-16-23(5-7-30(29)46(32)18-26-10-15-47-26)34-42-35(44-43-34)49-21-31-38-11-12-39-31/h1-7,11-12,16-17,22,26H,8-10,13-15,18-21H2,(H,38,39)(H,42,43,44)/t26-/m0/s1. The van der Waals surface area contributed by atoms with Crippen molar-refractivity contribution >= 4 is 34.4 Å². The normalized spacial score (nSPS) is 17.1. The van der Waals surface area contributed by atoms with E-state index in [-0.39, 0.29) is 18.5 Å². The third-order valence-electron chi connectivity index (χ3n) is 9.14. The van der Waals surface area contributed by atoms with Crippen molar-refractivity contribution in [3.8, 4) is 17.3 Å². The van der Waals surface area contributed by atoms with Crippen LogP contribution in [0.25, 0.3) is 22.4 Å². The Morgan fingerprint density at radius 3 is 2.73 bits per heavy atom. The number of benzene rings is 2. The van der Waals surface area contributed by atoms with Crippen molar-refractivity contribution in [1.82, 2.24) is 44.6 Å². The van der Waals surface area contributed by atoms with Gasteiger partial charge in [0.2, 0.25) is 11.0 Å². The number of halogens is 2. The average Bonchev–Trinajstić information content (AvgIpc) is 3.86. The van der Waals surface area contributed by atoms with Gasteiger partial charge in [-0.15, -0.1) is 5.10 Å². The van der Waals surface area contributed by atoms with Crippen LogP contribution in [-0.2, 0) is 30.2 Å². The van der Waals surface area contributed by atoms with E-state index in [0.29, 0.717) is 39.1 Å². The van der Waals surface area contributed by atoms with Gasteiger partial charge in [-0.3, -0.25) is 10.00 Å². The number of piperidine rings is 1. The Kier molecular flexibility index (Phi) is 9.31. The number of fused-ring (bicyclic) bond motifs is 1. The number of rotatable bonds is 12. The molecule has 1 atom stereocenters. The maximum Gasteiger partial charge on any atom is 0.213 e. The van der Waals surface area contributed by atoms with Gasteiger partial charge in [0.25, 0.3) is 0 Å². The summed E-state index contributed by atoms with van der Waals surface area (Å²) in [4.78, 5) is 24.5. The molecular weight excluding hydrogens is 665 g/mol. The second-order valence-electron chi connectivity index (χ2n) is 12.4. The lowest BCUT2D eigenvalue weighted by atomic mass is 9.93. The lowest BCUT2D eigenvalue weighted by Crippen LogP contribution is -2.35. The van der Waals surface area contributed by atoms with Gasteiger partial charge in [0.15, 0.2) is 5.82 Å². The van der Waals surface area contributed by atoms with Gasteiger partial charge in [-0.25, -0.2) is 24.3 Å². The van der Waals surface area contributed by atoms with Crippen molar-refractivity contribution in [2.45, 2.75) is 61.9 Å². The molecule has 6 heterocycles. The third kappa shape index (κ3) is 7.35. The van der Waals surface area contributed by atoms with Gasteiger partial charge in [-0.1, -0.05) is 35.5 Å². The molecular formula is C35H35ClFN9O2S. The highest BCUT2D eigenvalue weighted by Gasteiger charge is 2.26. The van der Waals surface area contributed by atoms with E-state index in [2.05, 4.69) is 53.9 Å². The summed E-state index contributed by atoms with van der Waals surface area (Å²) >= 11 is 7.41. The number of hydrogen-bond acceptors (Lipinski definition) is 9. The molecule has 11 nitrogen and oxygen atoms in total. The Hall–Kier alpha value is -4.30. The molecule has 0 spiro atoms. The molecule has 0 radical (unpaired) electrons. The Labute approximate surface area is 291 Å². The molecule has 2 aliphatic rings. The van der Waals surface area contributed by atoms with Crippen LogP contribution in [0.4, 0.5) is 4.39 Å². The van der Waals surface area contributed by atoms with Gasteiger partial charge in [-0.05, 0) is 68.8 Å². The fraction of sp³-hybridized carbons (Fsp3) is 0.343. The largest absolute Gasteiger partial charge is 0.473 e. The van der Waals surface area contributed by atoms with E-state index in [0.717, 1.165) is 86.0 Å². The fourth-order valence-electron chi connectivity index (χ4n) is 6.35. The number of hydrogen-bond donors (Lipinski definition) is 2. The van der Waals surface area contributed by atoms with Gasteiger partial charge in [0.05, 0.1) is 36.0 Å². The zero-order chi connectivity index (χ0) is 33.2. The first-order valence-corrected chi connectivity index (χ1v) is 17.8. The summed E-state index contributed by atoms with van der Waals surface area (Å²) in [6.07, 6.45) is 6.77. The van der Waals surface area contributed by atoms with Crippen LogP contribution in [0.3, 0.4) is 0 Å². The Balaban J connectivity index is 0.929. The van der Waals surface area contributed by atoms with E-state index < -0.39 is 0 Å². The molecule has 0 unspecified atom stereocenters. The summed E-state index contributed by atoms with van der Waals surface area (Å²) in [6.45, 7) is 4.30. The van der Waals surface area contributed by atoms with Crippen LogP contribution in [0.2, 0.25) is 5.02 Å². The summed E-state index contributed by atoms with van der Waals surface area (Å²) in [5.41, 5.74) is 4.42.